The van der Waals surface area contributed by atoms with E-state index >= 15 is 0 Å². The van der Waals surface area contributed by atoms with E-state index in [4.69, 9.17) is 5.21 Å². The standard InChI is InChI=1S/C12H14N2O6/c1-20-12(18)11(17)10(16)7-4-2-3-5-8(7)14-9(15)6-13-19/h2-6,10-11,16-17,19H,1H3,(H,14,15). The Balaban J connectivity index is 3.00. The van der Waals surface area contributed by atoms with Crippen LogP contribution in [0.1, 0.15) is 11.7 Å². The molecule has 108 valence electrons. The van der Waals surface area contributed by atoms with Crippen molar-refractivity contribution in [1.29, 1.82) is 0 Å². The number of hydrogen-bond donors (Lipinski definition) is 4. The number of oxime groups is 1. The molecule has 1 aromatic carbocycles. The Hall–Kier alpha value is -2.45. The third kappa shape index (κ3) is 3.77. The molecule has 0 radical (unpaired) electrons. The molecule has 2 atom stereocenters. The van der Waals surface area contributed by atoms with E-state index in [-0.39, 0.29) is 11.3 Å². The van der Waals surface area contributed by atoms with Gasteiger partial charge in [0.25, 0.3) is 5.91 Å². The first-order valence-corrected chi connectivity index (χ1v) is 5.52. The van der Waals surface area contributed by atoms with Crippen molar-refractivity contribution in [2.24, 2.45) is 5.16 Å². The predicted molar refractivity (Wildman–Crippen MR) is 68.3 cm³/mol. The molecule has 4 N–H and O–H groups in total. The number of ether oxygens (including phenoxy) is 1. The Morgan fingerprint density at radius 1 is 1.35 bits per heavy atom. The van der Waals surface area contributed by atoms with Gasteiger partial charge < -0.3 is 25.5 Å². The number of benzene rings is 1. The van der Waals surface area contributed by atoms with Crippen LogP contribution in [-0.2, 0) is 14.3 Å². The van der Waals surface area contributed by atoms with E-state index < -0.39 is 24.1 Å². The maximum atomic E-state index is 11.3. The summed E-state index contributed by atoms with van der Waals surface area (Å²) in [6.07, 6.45) is -2.74. The van der Waals surface area contributed by atoms with Gasteiger partial charge in [0.15, 0.2) is 6.10 Å². The lowest BCUT2D eigenvalue weighted by atomic mass is 10.0. The lowest BCUT2D eigenvalue weighted by Crippen LogP contribution is -2.29. The molecule has 1 amide bonds. The van der Waals surface area contributed by atoms with Crippen LogP contribution in [0.5, 0.6) is 0 Å². The molecular formula is C12H14N2O6. The average molecular weight is 282 g/mol. The molecule has 0 saturated carbocycles. The number of anilines is 1. The van der Waals surface area contributed by atoms with E-state index in [0.29, 0.717) is 6.21 Å². The molecule has 8 nitrogen and oxygen atoms in total. The van der Waals surface area contributed by atoms with Gasteiger partial charge in [-0.1, -0.05) is 23.4 Å². The number of rotatable bonds is 5. The number of hydrogen-bond acceptors (Lipinski definition) is 7. The van der Waals surface area contributed by atoms with Gasteiger partial charge >= 0.3 is 5.97 Å². The van der Waals surface area contributed by atoms with Crippen molar-refractivity contribution in [2.75, 3.05) is 12.4 Å². The fourth-order valence-corrected chi connectivity index (χ4v) is 1.51. The summed E-state index contributed by atoms with van der Waals surface area (Å²) in [5.41, 5.74) is 0.276. The van der Waals surface area contributed by atoms with Crippen molar-refractivity contribution in [1.82, 2.24) is 0 Å². The number of para-hydroxylation sites is 1. The zero-order chi connectivity index (χ0) is 15.1. The molecule has 8 heteroatoms. The minimum atomic E-state index is -1.79. The van der Waals surface area contributed by atoms with Gasteiger partial charge in [0.1, 0.15) is 12.3 Å². The molecule has 1 rings (SSSR count). The van der Waals surface area contributed by atoms with Crippen LogP contribution in [0.2, 0.25) is 0 Å². The van der Waals surface area contributed by atoms with Crippen LogP contribution in [0.25, 0.3) is 0 Å². The zero-order valence-electron chi connectivity index (χ0n) is 10.6. The van der Waals surface area contributed by atoms with Gasteiger partial charge in [0.05, 0.1) is 7.11 Å². The molecule has 0 aromatic heterocycles. The predicted octanol–water partition coefficient (Wildman–Crippen LogP) is -0.348. The largest absolute Gasteiger partial charge is 0.467 e. The van der Waals surface area contributed by atoms with Gasteiger partial charge in [-0.25, -0.2) is 4.79 Å². The number of carbonyl (C=O) groups is 2. The van der Waals surface area contributed by atoms with Crippen LogP contribution in [-0.4, -0.2) is 46.7 Å². The summed E-state index contributed by atoms with van der Waals surface area (Å²) in [7, 11) is 1.07. The van der Waals surface area contributed by atoms with Crippen LogP contribution >= 0.6 is 0 Å². The highest BCUT2D eigenvalue weighted by molar-refractivity contribution is 6.31. The second-order valence-electron chi connectivity index (χ2n) is 3.73. The lowest BCUT2D eigenvalue weighted by Gasteiger charge is -2.19. The molecule has 0 aliphatic rings. The highest BCUT2D eigenvalue weighted by Crippen LogP contribution is 2.25. The summed E-state index contributed by atoms with van der Waals surface area (Å²) in [6, 6.07) is 6.00. The first kappa shape index (κ1) is 15.6. The van der Waals surface area contributed by atoms with Crippen LogP contribution in [0, 0.1) is 0 Å². The van der Waals surface area contributed by atoms with Crippen molar-refractivity contribution in [3.05, 3.63) is 29.8 Å². The first-order chi connectivity index (χ1) is 9.51. The Bertz CT molecular complexity index is 516. The smallest absolute Gasteiger partial charge is 0.337 e. The van der Waals surface area contributed by atoms with Crippen molar-refractivity contribution in [3.8, 4) is 0 Å². The zero-order valence-corrected chi connectivity index (χ0v) is 10.6. The molecule has 0 bridgehead atoms. The van der Waals surface area contributed by atoms with E-state index in [1.165, 1.54) is 12.1 Å². The Morgan fingerprint density at radius 3 is 2.60 bits per heavy atom. The number of aliphatic hydroxyl groups is 2. The monoisotopic (exact) mass is 282 g/mol. The van der Waals surface area contributed by atoms with Gasteiger partial charge in [-0.15, -0.1) is 0 Å². The van der Waals surface area contributed by atoms with Crippen molar-refractivity contribution >= 4 is 23.8 Å². The molecule has 0 heterocycles. The van der Waals surface area contributed by atoms with Crippen LogP contribution in [0.3, 0.4) is 0 Å². The van der Waals surface area contributed by atoms with E-state index in [1.807, 2.05) is 0 Å². The minimum Gasteiger partial charge on any atom is -0.467 e. The number of nitrogens with one attached hydrogen (secondary N) is 1. The minimum absolute atomic E-state index is 0.116. The second kappa shape index (κ2) is 7.22. The van der Waals surface area contributed by atoms with E-state index in [2.05, 4.69) is 15.2 Å². The third-order valence-electron chi connectivity index (χ3n) is 2.45. The number of esters is 1. The average Bonchev–Trinajstić information content (AvgIpc) is 2.45. The van der Waals surface area contributed by atoms with Gasteiger partial charge in [0.2, 0.25) is 0 Å². The van der Waals surface area contributed by atoms with Crippen LogP contribution in [0.15, 0.2) is 29.4 Å². The van der Waals surface area contributed by atoms with Gasteiger partial charge in [0, 0.05) is 11.3 Å². The fraction of sp³-hybridized carbons (Fsp3) is 0.250. The van der Waals surface area contributed by atoms with Crippen LogP contribution in [0.4, 0.5) is 5.69 Å². The fourth-order valence-electron chi connectivity index (χ4n) is 1.51. The molecule has 20 heavy (non-hydrogen) atoms. The van der Waals surface area contributed by atoms with Crippen molar-refractivity contribution in [3.63, 3.8) is 0 Å². The summed E-state index contributed by atoms with van der Waals surface area (Å²) in [6.45, 7) is 0. The highest BCUT2D eigenvalue weighted by atomic mass is 16.5. The lowest BCUT2D eigenvalue weighted by molar-refractivity contribution is -0.156. The first-order valence-electron chi connectivity index (χ1n) is 5.52. The quantitative estimate of drug-likeness (QED) is 0.253. The van der Waals surface area contributed by atoms with Gasteiger partial charge in [-0.2, -0.15) is 0 Å². The number of nitrogens with zero attached hydrogens (tertiary/aromatic N) is 1. The number of amides is 1. The molecule has 0 aliphatic carbocycles. The topological polar surface area (TPSA) is 128 Å². The molecular weight excluding hydrogens is 268 g/mol. The van der Waals surface area contributed by atoms with E-state index in [0.717, 1.165) is 7.11 Å². The molecule has 1 aromatic rings. The van der Waals surface area contributed by atoms with Crippen molar-refractivity contribution in [2.45, 2.75) is 12.2 Å². The molecule has 0 spiro atoms. The summed E-state index contributed by atoms with van der Waals surface area (Å²) >= 11 is 0. The number of carbonyl (C=O) groups excluding carboxylic acids is 2. The van der Waals surface area contributed by atoms with E-state index in [9.17, 15) is 19.8 Å². The molecule has 2 unspecified atom stereocenters. The third-order valence-corrected chi connectivity index (χ3v) is 2.45. The second-order valence-corrected chi connectivity index (χ2v) is 3.73. The number of aliphatic hydroxyl groups excluding tert-OH is 2. The Kier molecular flexibility index (Phi) is 5.63. The maximum Gasteiger partial charge on any atom is 0.337 e. The van der Waals surface area contributed by atoms with Crippen molar-refractivity contribution < 1.29 is 29.7 Å². The Morgan fingerprint density at radius 2 is 2.00 bits per heavy atom. The molecule has 0 aliphatic heterocycles. The van der Waals surface area contributed by atoms with Crippen LogP contribution < -0.4 is 5.32 Å². The van der Waals surface area contributed by atoms with Gasteiger partial charge in [-0.05, 0) is 6.07 Å². The normalized spacial score (nSPS) is 13.8. The van der Waals surface area contributed by atoms with Gasteiger partial charge in [-0.3, -0.25) is 4.79 Å². The summed E-state index contributed by atoms with van der Waals surface area (Å²) in [5, 5.41) is 32.7. The summed E-state index contributed by atoms with van der Waals surface area (Å²) < 4.78 is 4.32. The molecule has 0 fully saturated rings. The number of methoxy groups -OCH3 is 1. The van der Waals surface area contributed by atoms with E-state index in [1.54, 1.807) is 12.1 Å². The SMILES string of the molecule is COC(=O)C(O)C(O)c1ccccc1NC(=O)C=NO. The summed E-state index contributed by atoms with van der Waals surface area (Å²) in [5.74, 6) is -1.74. The summed E-state index contributed by atoms with van der Waals surface area (Å²) in [4.78, 5) is 22.5. The molecule has 0 saturated heterocycles. The highest BCUT2D eigenvalue weighted by Gasteiger charge is 2.28. The Labute approximate surface area is 114 Å². The maximum absolute atomic E-state index is 11.3.